The molecule has 1 aliphatic carbocycles. The summed E-state index contributed by atoms with van der Waals surface area (Å²) in [7, 11) is 1.46. The van der Waals surface area contributed by atoms with Gasteiger partial charge >= 0.3 is 0 Å². The third kappa shape index (κ3) is 4.12. The minimum Gasteiger partial charge on any atom is -0.382 e. The largest absolute Gasteiger partial charge is 0.382 e. The predicted molar refractivity (Wildman–Crippen MR) is 91.5 cm³/mol. The molecule has 2 rings (SSSR count). The molecule has 0 fully saturated rings. The number of aromatic amines is 1. The molecule has 0 saturated heterocycles. The maximum Gasteiger partial charge on any atom is 0.269 e. The molecule has 0 aliphatic heterocycles. The van der Waals surface area contributed by atoms with Gasteiger partial charge in [0.25, 0.3) is 5.91 Å². The van der Waals surface area contributed by atoms with Crippen molar-refractivity contribution in [2.45, 2.75) is 26.2 Å². The van der Waals surface area contributed by atoms with Crippen LogP contribution < -0.4 is 5.32 Å². The van der Waals surface area contributed by atoms with Crippen LogP contribution in [0.4, 0.5) is 0 Å². The Labute approximate surface area is 144 Å². The molecule has 24 heavy (non-hydrogen) atoms. The fourth-order valence-corrected chi connectivity index (χ4v) is 3.32. The lowest BCUT2D eigenvalue weighted by molar-refractivity contribution is 0.0945. The number of nitrogens with one attached hydrogen (secondary N) is 2. The van der Waals surface area contributed by atoms with E-state index < -0.39 is 5.91 Å². The first-order chi connectivity index (χ1) is 11.6. The highest BCUT2D eigenvalue weighted by molar-refractivity contribution is 8.04. The molecule has 0 bridgehead atoms. The van der Waals surface area contributed by atoms with Crippen LogP contribution in [-0.4, -0.2) is 53.7 Å². The topological polar surface area (TPSA) is 101 Å². The van der Waals surface area contributed by atoms with Gasteiger partial charge in [0, 0.05) is 26.3 Å². The van der Waals surface area contributed by atoms with Gasteiger partial charge in [-0.2, -0.15) is 5.10 Å². The van der Waals surface area contributed by atoms with Crippen LogP contribution in [0, 0.1) is 0 Å². The number of Topliss-reactive ketones (excluding diaryl/α,β-unsaturated/α-hetero) is 1. The van der Waals surface area contributed by atoms with Gasteiger partial charge in [-0.1, -0.05) is 6.42 Å². The summed E-state index contributed by atoms with van der Waals surface area (Å²) < 4.78 is 5.27. The van der Waals surface area contributed by atoms with Gasteiger partial charge in [0.2, 0.25) is 11.6 Å². The van der Waals surface area contributed by atoms with E-state index in [2.05, 4.69) is 15.5 Å². The number of allylic oxidation sites excluding steroid dienone is 2. The van der Waals surface area contributed by atoms with Crippen LogP contribution in [-0.2, 0) is 4.74 Å². The molecule has 8 heteroatoms. The summed E-state index contributed by atoms with van der Waals surface area (Å²) in [6.45, 7) is 3.43. The molecular weight excluding hydrogens is 330 g/mol. The lowest BCUT2D eigenvalue weighted by Crippen LogP contribution is -2.23. The average Bonchev–Trinajstić information content (AvgIpc) is 3.03. The summed E-state index contributed by atoms with van der Waals surface area (Å²) in [5, 5.41) is 8.72. The first-order valence-electron chi connectivity index (χ1n) is 7.91. The number of carbonyl (C=O) groups excluding carboxylic acids is 3. The number of carbonyl (C=O) groups is 3. The summed E-state index contributed by atoms with van der Waals surface area (Å²) in [4.78, 5) is 36.8. The van der Waals surface area contributed by atoms with E-state index in [1.165, 1.54) is 24.9 Å². The molecule has 1 amide bonds. The van der Waals surface area contributed by atoms with Crippen molar-refractivity contribution in [3.63, 3.8) is 0 Å². The summed E-state index contributed by atoms with van der Waals surface area (Å²) in [5.41, 5.74) is 0.120. The standard InChI is InChI=1S/C16H21N3O4S/c1-3-23-7-5-4-6-8-24-11-9-10(20)13-12(15(11)21)14(19-18-13)16(22)17-2/h9H,3-8H2,1-2H3,(H,17,22)(H,18,19). The average molecular weight is 351 g/mol. The Bertz CT molecular complexity index is 666. The maximum atomic E-state index is 12.6. The number of aromatic nitrogens is 2. The number of unbranched alkanes of at least 4 members (excludes halogenated alkanes) is 2. The second-order valence-corrected chi connectivity index (χ2v) is 6.35. The lowest BCUT2D eigenvalue weighted by Gasteiger charge is -2.11. The van der Waals surface area contributed by atoms with E-state index in [9.17, 15) is 14.4 Å². The molecule has 0 radical (unpaired) electrons. The number of hydrogen-bond donors (Lipinski definition) is 2. The number of ketones is 2. The second kappa shape index (κ2) is 8.79. The van der Waals surface area contributed by atoms with Gasteiger partial charge in [-0.3, -0.25) is 19.5 Å². The highest BCUT2D eigenvalue weighted by Gasteiger charge is 2.33. The summed E-state index contributed by atoms with van der Waals surface area (Å²) >= 11 is 1.34. The number of H-pyrrole nitrogens is 1. The molecule has 0 aromatic carbocycles. The molecule has 1 heterocycles. The first-order valence-corrected chi connectivity index (χ1v) is 8.90. The predicted octanol–water partition coefficient (Wildman–Crippen LogP) is 1.97. The van der Waals surface area contributed by atoms with Crippen molar-refractivity contribution in [2.24, 2.45) is 0 Å². The monoisotopic (exact) mass is 351 g/mol. The number of rotatable bonds is 9. The quantitative estimate of drug-likeness (QED) is 0.660. The van der Waals surface area contributed by atoms with Crippen molar-refractivity contribution in [1.29, 1.82) is 0 Å². The molecule has 0 spiro atoms. The number of hydrogen-bond acceptors (Lipinski definition) is 6. The van der Waals surface area contributed by atoms with E-state index >= 15 is 0 Å². The van der Waals surface area contributed by atoms with Crippen molar-refractivity contribution in [1.82, 2.24) is 15.5 Å². The number of thioether (sulfide) groups is 1. The smallest absolute Gasteiger partial charge is 0.269 e. The van der Waals surface area contributed by atoms with E-state index in [1.807, 2.05) is 6.92 Å². The van der Waals surface area contributed by atoms with Crippen molar-refractivity contribution in [2.75, 3.05) is 26.0 Å². The van der Waals surface area contributed by atoms with Gasteiger partial charge < -0.3 is 10.1 Å². The van der Waals surface area contributed by atoms with Gasteiger partial charge in [0.05, 0.1) is 10.5 Å². The molecule has 130 valence electrons. The molecule has 0 unspecified atom stereocenters. The molecule has 1 aromatic rings. The van der Waals surface area contributed by atoms with Crippen LogP contribution in [0.15, 0.2) is 11.0 Å². The number of amides is 1. The van der Waals surface area contributed by atoms with Crippen LogP contribution in [0.1, 0.15) is 57.5 Å². The van der Waals surface area contributed by atoms with E-state index in [4.69, 9.17) is 4.74 Å². The normalized spacial score (nSPS) is 13.7. The summed E-state index contributed by atoms with van der Waals surface area (Å²) in [5.74, 6) is -0.405. The zero-order chi connectivity index (χ0) is 17.5. The Morgan fingerprint density at radius 1 is 1.33 bits per heavy atom. The van der Waals surface area contributed by atoms with Crippen molar-refractivity contribution in [3.8, 4) is 0 Å². The van der Waals surface area contributed by atoms with Crippen LogP contribution in [0.25, 0.3) is 0 Å². The molecule has 1 aliphatic rings. The summed E-state index contributed by atoms with van der Waals surface area (Å²) in [6.07, 6.45) is 4.22. The SMILES string of the molecule is CCOCCCCCSC1=CC(=O)c2n[nH]c(C(=O)NC)c2C1=O. The van der Waals surface area contributed by atoms with Gasteiger partial charge in [-0.15, -0.1) is 11.8 Å². The Hall–Kier alpha value is -1.93. The van der Waals surface area contributed by atoms with Gasteiger partial charge in [0.1, 0.15) is 11.4 Å². The fraction of sp³-hybridized carbons (Fsp3) is 0.500. The highest BCUT2D eigenvalue weighted by atomic mass is 32.2. The molecular formula is C16H21N3O4S. The van der Waals surface area contributed by atoms with Crippen LogP contribution >= 0.6 is 11.8 Å². The van der Waals surface area contributed by atoms with E-state index in [1.54, 1.807) is 0 Å². The Morgan fingerprint density at radius 3 is 2.83 bits per heavy atom. The van der Waals surface area contributed by atoms with E-state index in [-0.39, 0.29) is 28.5 Å². The number of fused-ring (bicyclic) bond motifs is 1. The van der Waals surface area contributed by atoms with E-state index in [0.29, 0.717) is 4.91 Å². The van der Waals surface area contributed by atoms with Crippen LogP contribution in [0.5, 0.6) is 0 Å². The number of ether oxygens (including phenoxy) is 1. The first kappa shape index (κ1) is 18.4. The zero-order valence-electron chi connectivity index (χ0n) is 13.8. The van der Waals surface area contributed by atoms with Gasteiger partial charge in [-0.25, -0.2) is 0 Å². The minimum atomic E-state index is -0.466. The number of nitrogens with zero attached hydrogens (tertiary/aromatic N) is 1. The summed E-state index contributed by atoms with van der Waals surface area (Å²) in [6, 6.07) is 0. The molecule has 1 aromatic heterocycles. The molecule has 0 atom stereocenters. The Morgan fingerprint density at radius 2 is 2.12 bits per heavy atom. The highest BCUT2D eigenvalue weighted by Crippen LogP contribution is 2.29. The second-order valence-electron chi connectivity index (χ2n) is 5.21. The lowest BCUT2D eigenvalue weighted by atomic mass is 9.99. The van der Waals surface area contributed by atoms with Crippen LogP contribution in [0.2, 0.25) is 0 Å². The van der Waals surface area contributed by atoms with Gasteiger partial charge in [-0.05, 0) is 25.5 Å². The molecule has 0 saturated carbocycles. The van der Waals surface area contributed by atoms with Crippen LogP contribution in [0.3, 0.4) is 0 Å². The maximum absolute atomic E-state index is 12.6. The van der Waals surface area contributed by atoms with Crippen molar-refractivity contribution >= 4 is 29.2 Å². The third-order valence-electron chi connectivity index (χ3n) is 3.56. The van der Waals surface area contributed by atoms with Crippen molar-refractivity contribution in [3.05, 3.63) is 27.9 Å². The van der Waals surface area contributed by atoms with E-state index in [0.717, 1.165) is 38.2 Å². The fourth-order valence-electron chi connectivity index (χ4n) is 2.32. The molecule has 7 nitrogen and oxygen atoms in total. The van der Waals surface area contributed by atoms with Crippen molar-refractivity contribution < 1.29 is 19.1 Å². The minimum absolute atomic E-state index is 0.0136. The third-order valence-corrected chi connectivity index (χ3v) is 4.67. The van der Waals surface area contributed by atoms with Gasteiger partial charge in [0.15, 0.2) is 0 Å². The Kier molecular flexibility index (Phi) is 6.74. The zero-order valence-corrected chi connectivity index (χ0v) is 14.6. The molecule has 2 N–H and O–H groups in total. The Balaban J connectivity index is 1.96.